The minimum absolute atomic E-state index is 0.375. The molecule has 0 amide bonds. The van der Waals surface area contributed by atoms with Gasteiger partial charge in [0.1, 0.15) is 17.3 Å². The summed E-state index contributed by atoms with van der Waals surface area (Å²) in [4.78, 5) is 0. The number of hydrogen-bond acceptors (Lipinski definition) is 4. The van der Waals surface area contributed by atoms with Gasteiger partial charge in [0.2, 0.25) is 0 Å². The minimum atomic E-state index is -0.593. The topological polar surface area (TPSA) is 56.5 Å². The lowest BCUT2D eigenvalue weighted by atomic mass is 9.97. The third-order valence-corrected chi connectivity index (χ3v) is 3.69. The maximum Gasteiger partial charge on any atom is 0.129 e. The highest BCUT2D eigenvalue weighted by molar-refractivity contribution is 9.10. The van der Waals surface area contributed by atoms with E-state index in [1.807, 2.05) is 0 Å². The Kier molecular flexibility index (Phi) is 5.17. The van der Waals surface area contributed by atoms with Crippen LogP contribution in [0.3, 0.4) is 0 Å². The number of methoxy groups -OCH3 is 2. The Balaban J connectivity index is 2.61. The summed E-state index contributed by atoms with van der Waals surface area (Å²) in [5.74, 6) is 6.41. The number of hydrazine groups is 1. The molecule has 0 aliphatic carbocycles. The van der Waals surface area contributed by atoms with Crippen molar-refractivity contribution >= 4 is 15.9 Å². The normalized spacial score (nSPS) is 12.0. The van der Waals surface area contributed by atoms with E-state index in [0.29, 0.717) is 27.1 Å². The van der Waals surface area contributed by atoms with E-state index in [0.717, 1.165) is 0 Å². The van der Waals surface area contributed by atoms with Crippen molar-refractivity contribution in [3.8, 4) is 11.5 Å². The Morgan fingerprint density at radius 3 is 2.24 bits per heavy atom. The molecule has 0 heterocycles. The van der Waals surface area contributed by atoms with E-state index in [2.05, 4.69) is 21.4 Å². The second kappa shape index (κ2) is 6.89. The Morgan fingerprint density at radius 2 is 1.76 bits per heavy atom. The number of ether oxygens (including phenoxy) is 2. The van der Waals surface area contributed by atoms with Gasteiger partial charge < -0.3 is 9.47 Å². The molecular weight excluding hydrogens is 339 g/mol. The highest BCUT2D eigenvalue weighted by atomic mass is 79.9. The van der Waals surface area contributed by atoms with Crippen molar-refractivity contribution in [1.82, 2.24) is 5.43 Å². The average Bonchev–Trinajstić information content (AvgIpc) is 2.49. The summed E-state index contributed by atoms with van der Waals surface area (Å²) in [5, 5.41) is 0. The highest BCUT2D eigenvalue weighted by Crippen LogP contribution is 2.38. The minimum Gasteiger partial charge on any atom is -0.496 e. The summed E-state index contributed by atoms with van der Waals surface area (Å²) in [5.41, 5.74) is 3.68. The van der Waals surface area contributed by atoms with Crippen LogP contribution < -0.4 is 20.7 Å². The maximum absolute atomic E-state index is 14.2. The second-order valence-electron chi connectivity index (χ2n) is 4.34. The Hall–Kier alpha value is -1.63. The van der Waals surface area contributed by atoms with Crippen LogP contribution >= 0.6 is 15.9 Å². The number of hydrogen-bond donors (Lipinski definition) is 2. The summed E-state index contributed by atoms with van der Waals surface area (Å²) < 4.78 is 25.6. The first-order valence-corrected chi connectivity index (χ1v) is 7.03. The highest BCUT2D eigenvalue weighted by Gasteiger charge is 2.24. The van der Waals surface area contributed by atoms with Gasteiger partial charge in [-0.1, -0.05) is 28.1 Å². The fourth-order valence-corrected chi connectivity index (χ4v) is 2.56. The lowest BCUT2D eigenvalue weighted by molar-refractivity contribution is 0.376. The lowest BCUT2D eigenvalue weighted by Crippen LogP contribution is -2.30. The summed E-state index contributed by atoms with van der Waals surface area (Å²) in [6, 6.07) is 9.57. The molecule has 0 bridgehead atoms. The Bertz CT molecular complexity index is 615. The van der Waals surface area contributed by atoms with Crippen LogP contribution in [0.1, 0.15) is 17.2 Å². The fraction of sp³-hybridized carbons (Fsp3) is 0.200. The van der Waals surface area contributed by atoms with Gasteiger partial charge in [-0.15, -0.1) is 0 Å². The van der Waals surface area contributed by atoms with Crippen molar-refractivity contribution in [3.05, 3.63) is 57.8 Å². The van der Waals surface area contributed by atoms with Crippen LogP contribution in [0.15, 0.2) is 40.9 Å². The van der Waals surface area contributed by atoms with Gasteiger partial charge in [-0.3, -0.25) is 5.84 Å². The predicted molar refractivity (Wildman–Crippen MR) is 82.8 cm³/mol. The number of nitrogens with two attached hydrogens (primary N) is 1. The molecule has 2 rings (SSSR count). The van der Waals surface area contributed by atoms with E-state index in [4.69, 9.17) is 15.3 Å². The molecular formula is C15H16BrFN2O2. The van der Waals surface area contributed by atoms with Gasteiger partial charge in [-0.05, 0) is 24.3 Å². The van der Waals surface area contributed by atoms with Crippen molar-refractivity contribution < 1.29 is 13.9 Å². The van der Waals surface area contributed by atoms with E-state index < -0.39 is 6.04 Å². The zero-order chi connectivity index (χ0) is 15.4. The monoisotopic (exact) mass is 354 g/mol. The summed E-state index contributed by atoms with van der Waals surface area (Å²) in [7, 11) is 3.09. The van der Waals surface area contributed by atoms with Crippen LogP contribution in [0.5, 0.6) is 11.5 Å². The molecule has 0 aliphatic heterocycles. The van der Waals surface area contributed by atoms with Gasteiger partial charge in [0.25, 0.3) is 0 Å². The number of benzene rings is 2. The first-order chi connectivity index (χ1) is 10.1. The quantitative estimate of drug-likeness (QED) is 0.639. The first-order valence-electron chi connectivity index (χ1n) is 6.24. The summed E-state index contributed by atoms with van der Waals surface area (Å²) in [6.07, 6.45) is 0. The van der Waals surface area contributed by atoms with Crippen molar-refractivity contribution in [2.45, 2.75) is 6.04 Å². The Labute approximate surface area is 131 Å². The van der Waals surface area contributed by atoms with E-state index >= 15 is 0 Å². The molecule has 6 heteroatoms. The van der Waals surface area contributed by atoms with Gasteiger partial charge in [0, 0.05) is 10.0 Å². The molecule has 0 fully saturated rings. The molecule has 0 radical (unpaired) electrons. The van der Waals surface area contributed by atoms with Crippen LogP contribution in [0, 0.1) is 5.82 Å². The molecule has 21 heavy (non-hydrogen) atoms. The smallest absolute Gasteiger partial charge is 0.129 e. The molecule has 0 saturated heterocycles. The standard InChI is InChI=1S/C15H16BrFN2O2/c1-20-12-4-3-5-13(21-2)14(12)15(19-18)10-7-6-9(16)8-11(10)17/h3-8,15,19H,18H2,1-2H3. The first kappa shape index (κ1) is 15.8. The fourth-order valence-electron chi connectivity index (χ4n) is 2.23. The molecule has 1 atom stereocenters. The van der Waals surface area contributed by atoms with E-state index in [1.165, 1.54) is 6.07 Å². The molecule has 0 aromatic heterocycles. The van der Waals surface area contributed by atoms with Gasteiger partial charge >= 0.3 is 0 Å². The van der Waals surface area contributed by atoms with Gasteiger partial charge in [0.05, 0.1) is 25.8 Å². The van der Waals surface area contributed by atoms with Crippen molar-refractivity contribution in [2.24, 2.45) is 5.84 Å². The zero-order valence-electron chi connectivity index (χ0n) is 11.7. The van der Waals surface area contributed by atoms with Crippen LogP contribution in [0.2, 0.25) is 0 Å². The molecule has 0 spiro atoms. The Morgan fingerprint density at radius 1 is 1.14 bits per heavy atom. The van der Waals surface area contributed by atoms with Gasteiger partial charge in [-0.2, -0.15) is 0 Å². The molecule has 2 aromatic carbocycles. The summed E-state index contributed by atoms with van der Waals surface area (Å²) in [6.45, 7) is 0. The number of halogens is 2. The SMILES string of the molecule is COc1cccc(OC)c1C(NN)c1ccc(Br)cc1F. The van der Waals surface area contributed by atoms with Gasteiger partial charge in [0.15, 0.2) is 0 Å². The molecule has 0 saturated carbocycles. The largest absolute Gasteiger partial charge is 0.496 e. The average molecular weight is 355 g/mol. The molecule has 2 aromatic rings. The van der Waals surface area contributed by atoms with Crippen molar-refractivity contribution in [2.75, 3.05) is 14.2 Å². The molecule has 112 valence electrons. The number of nitrogens with one attached hydrogen (secondary N) is 1. The lowest BCUT2D eigenvalue weighted by Gasteiger charge is -2.22. The molecule has 3 N–H and O–H groups in total. The zero-order valence-corrected chi connectivity index (χ0v) is 13.3. The third-order valence-electron chi connectivity index (χ3n) is 3.19. The maximum atomic E-state index is 14.2. The number of rotatable bonds is 5. The van der Waals surface area contributed by atoms with Crippen LogP contribution in [0.25, 0.3) is 0 Å². The summed E-state index contributed by atoms with van der Waals surface area (Å²) >= 11 is 3.24. The molecule has 0 aliphatic rings. The molecule has 1 unspecified atom stereocenters. The predicted octanol–water partition coefficient (Wildman–Crippen LogP) is 3.16. The van der Waals surface area contributed by atoms with E-state index in [9.17, 15) is 4.39 Å². The van der Waals surface area contributed by atoms with Gasteiger partial charge in [-0.25, -0.2) is 9.82 Å². The second-order valence-corrected chi connectivity index (χ2v) is 5.26. The van der Waals surface area contributed by atoms with E-state index in [1.54, 1.807) is 44.6 Å². The molecule has 4 nitrogen and oxygen atoms in total. The van der Waals surface area contributed by atoms with Crippen LogP contribution in [0.4, 0.5) is 4.39 Å². The van der Waals surface area contributed by atoms with Crippen LogP contribution in [-0.2, 0) is 0 Å². The van der Waals surface area contributed by atoms with Crippen LogP contribution in [-0.4, -0.2) is 14.2 Å². The van der Waals surface area contributed by atoms with Crippen molar-refractivity contribution in [1.29, 1.82) is 0 Å². The van der Waals surface area contributed by atoms with Crippen molar-refractivity contribution in [3.63, 3.8) is 0 Å². The van der Waals surface area contributed by atoms with E-state index in [-0.39, 0.29) is 5.82 Å². The third kappa shape index (κ3) is 3.18.